The standard InChI is InChI=1S/C16H23N3O3/c1-10(2)21-13-7-6-12(9-14(13)20-5)16-18-15(19-22-16)8-11(3)17-4/h6-7,9-11,17H,8H2,1-5H3. The lowest BCUT2D eigenvalue weighted by molar-refractivity contribution is 0.230. The van der Waals surface area contributed by atoms with Gasteiger partial charge in [0.05, 0.1) is 13.2 Å². The summed E-state index contributed by atoms with van der Waals surface area (Å²) in [6.45, 7) is 6.01. The molecule has 2 aromatic rings. The SMILES string of the molecule is CNC(C)Cc1noc(-c2ccc(OC(C)C)c(OC)c2)n1. The van der Waals surface area contributed by atoms with Gasteiger partial charge in [-0.25, -0.2) is 0 Å². The second-order valence-corrected chi connectivity index (χ2v) is 5.44. The van der Waals surface area contributed by atoms with Crippen molar-refractivity contribution in [2.75, 3.05) is 14.2 Å². The van der Waals surface area contributed by atoms with Crippen LogP contribution in [0.5, 0.6) is 11.5 Å². The predicted octanol–water partition coefficient (Wildman–Crippen LogP) is 2.68. The van der Waals surface area contributed by atoms with Crippen LogP contribution < -0.4 is 14.8 Å². The molecular formula is C16H23N3O3. The first-order chi connectivity index (χ1) is 10.5. The molecule has 1 atom stereocenters. The molecule has 0 spiro atoms. The van der Waals surface area contributed by atoms with E-state index < -0.39 is 0 Å². The van der Waals surface area contributed by atoms with Crippen molar-refractivity contribution in [3.63, 3.8) is 0 Å². The van der Waals surface area contributed by atoms with Gasteiger partial charge in [0, 0.05) is 18.0 Å². The third kappa shape index (κ3) is 3.98. The molecule has 22 heavy (non-hydrogen) atoms. The highest BCUT2D eigenvalue weighted by molar-refractivity contribution is 5.59. The van der Waals surface area contributed by atoms with Crippen LogP contribution in [-0.4, -0.2) is 36.4 Å². The normalized spacial score (nSPS) is 12.5. The minimum absolute atomic E-state index is 0.0813. The zero-order valence-corrected chi connectivity index (χ0v) is 13.7. The summed E-state index contributed by atoms with van der Waals surface area (Å²) < 4.78 is 16.4. The molecule has 120 valence electrons. The molecule has 1 unspecified atom stereocenters. The Bertz CT molecular complexity index is 610. The lowest BCUT2D eigenvalue weighted by atomic mass is 10.2. The van der Waals surface area contributed by atoms with Crippen LogP contribution in [-0.2, 0) is 6.42 Å². The van der Waals surface area contributed by atoms with E-state index in [0.717, 1.165) is 5.56 Å². The lowest BCUT2D eigenvalue weighted by Crippen LogP contribution is -2.24. The van der Waals surface area contributed by atoms with Crippen molar-refractivity contribution < 1.29 is 14.0 Å². The van der Waals surface area contributed by atoms with Gasteiger partial charge in [0.1, 0.15) is 0 Å². The first-order valence-corrected chi connectivity index (χ1v) is 7.38. The molecule has 0 saturated heterocycles. The van der Waals surface area contributed by atoms with Crippen LogP contribution in [0.3, 0.4) is 0 Å². The minimum atomic E-state index is 0.0813. The number of aromatic nitrogens is 2. The third-order valence-electron chi connectivity index (χ3n) is 3.22. The number of rotatable bonds is 7. The fourth-order valence-corrected chi connectivity index (χ4v) is 1.98. The van der Waals surface area contributed by atoms with E-state index in [1.165, 1.54) is 0 Å². The van der Waals surface area contributed by atoms with Crippen LogP contribution in [0.2, 0.25) is 0 Å². The van der Waals surface area contributed by atoms with Crippen molar-refractivity contribution >= 4 is 0 Å². The zero-order valence-electron chi connectivity index (χ0n) is 13.7. The van der Waals surface area contributed by atoms with Crippen LogP contribution in [0.4, 0.5) is 0 Å². The highest BCUT2D eigenvalue weighted by Crippen LogP contribution is 2.32. The highest BCUT2D eigenvalue weighted by atomic mass is 16.5. The molecule has 0 aliphatic rings. The van der Waals surface area contributed by atoms with Gasteiger partial charge in [-0.2, -0.15) is 4.98 Å². The predicted molar refractivity (Wildman–Crippen MR) is 84.3 cm³/mol. The Kier molecular flexibility index (Phi) is 5.38. The minimum Gasteiger partial charge on any atom is -0.493 e. The van der Waals surface area contributed by atoms with Gasteiger partial charge >= 0.3 is 0 Å². The number of hydrogen-bond donors (Lipinski definition) is 1. The van der Waals surface area contributed by atoms with Crippen molar-refractivity contribution in [3.05, 3.63) is 24.0 Å². The van der Waals surface area contributed by atoms with Gasteiger partial charge in [0.2, 0.25) is 0 Å². The Labute approximate surface area is 130 Å². The van der Waals surface area contributed by atoms with Crippen molar-refractivity contribution in [1.82, 2.24) is 15.5 Å². The summed E-state index contributed by atoms with van der Waals surface area (Å²) >= 11 is 0. The van der Waals surface area contributed by atoms with E-state index in [4.69, 9.17) is 14.0 Å². The van der Waals surface area contributed by atoms with Gasteiger partial charge in [-0.1, -0.05) is 5.16 Å². The van der Waals surface area contributed by atoms with Gasteiger partial charge in [-0.3, -0.25) is 0 Å². The summed E-state index contributed by atoms with van der Waals surface area (Å²) in [6.07, 6.45) is 0.795. The number of methoxy groups -OCH3 is 1. The van der Waals surface area contributed by atoms with E-state index in [1.54, 1.807) is 7.11 Å². The monoisotopic (exact) mass is 305 g/mol. The maximum absolute atomic E-state index is 5.70. The molecular weight excluding hydrogens is 282 g/mol. The van der Waals surface area contributed by atoms with Gasteiger partial charge in [0.25, 0.3) is 5.89 Å². The Morgan fingerprint density at radius 1 is 1.23 bits per heavy atom. The van der Waals surface area contributed by atoms with Crippen LogP contribution in [0.1, 0.15) is 26.6 Å². The van der Waals surface area contributed by atoms with E-state index >= 15 is 0 Å². The molecule has 0 bridgehead atoms. The highest BCUT2D eigenvalue weighted by Gasteiger charge is 2.14. The molecule has 0 amide bonds. The van der Waals surface area contributed by atoms with Crippen molar-refractivity contribution in [1.29, 1.82) is 0 Å². The molecule has 1 heterocycles. The smallest absolute Gasteiger partial charge is 0.258 e. The summed E-state index contributed by atoms with van der Waals surface area (Å²) in [7, 11) is 3.52. The molecule has 6 heteroatoms. The number of ether oxygens (including phenoxy) is 2. The average Bonchev–Trinajstić information content (AvgIpc) is 2.95. The Balaban J connectivity index is 2.22. The third-order valence-corrected chi connectivity index (χ3v) is 3.22. The van der Waals surface area contributed by atoms with Crippen LogP contribution in [0, 0.1) is 0 Å². The molecule has 1 N–H and O–H groups in total. The second-order valence-electron chi connectivity index (χ2n) is 5.44. The summed E-state index contributed by atoms with van der Waals surface area (Å²) in [5.74, 6) is 2.50. The second kappa shape index (κ2) is 7.26. The number of nitrogens with zero attached hydrogens (tertiary/aromatic N) is 2. The van der Waals surface area contributed by atoms with Crippen LogP contribution >= 0.6 is 0 Å². The van der Waals surface area contributed by atoms with Crippen LogP contribution in [0.15, 0.2) is 22.7 Å². The first-order valence-electron chi connectivity index (χ1n) is 7.38. The number of likely N-dealkylation sites (N-methyl/N-ethyl adjacent to an activating group) is 1. The van der Waals surface area contributed by atoms with E-state index in [0.29, 0.717) is 35.7 Å². The van der Waals surface area contributed by atoms with Crippen LogP contribution in [0.25, 0.3) is 11.5 Å². The fraction of sp³-hybridized carbons (Fsp3) is 0.500. The molecule has 1 aromatic heterocycles. The molecule has 0 aliphatic heterocycles. The largest absolute Gasteiger partial charge is 0.493 e. The molecule has 0 aliphatic carbocycles. The maximum atomic E-state index is 5.70. The summed E-state index contributed by atoms with van der Waals surface area (Å²) in [5, 5.41) is 7.16. The fourth-order valence-electron chi connectivity index (χ4n) is 1.98. The number of nitrogens with one attached hydrogen (secondary N) is 1. The Hall–Kier alpha value is -2.08. The molecule has 0 radical (unpaired) electrons. The van der Waals surface area contributed by atoms with Gasteiger partial charge in [-0.05, 0) is 46.0 Å². The van der Waals surface area contributed by atoms with Gasteiger partial charge in [0.15, 0.2) is 17.3 Å². The summed E-state index contributed by atoms with van der Waals surface area (Å²) in [6, 6.07) is 5.88. The molecule has 6 nitrogen and oxygen atoms in total. The molecule has 0 saturated carbocycles. The van der Waals surface area contributed by atoms with Crippen molar-refractivity contribution in [3.8, 4) is 23.0 Å². The number of benzene rings is 1. The Morgan fingerprint density at radius 2 is 2.00 bits per heavy atom. The quantitative estimate of drug-likeness (QED) is 0.848. The first kappa shape index (κ1) is 16.3. The lowest BCUT2D eigenvalue weighted by Gasteiger charge is -2.13. The zero-order chi connectivity index (χ0) is 16.1. The van der Waals surface area contributed by atoms with E-state index in [1.807, 2.05) is 39.1 Å². The topological polar surface area (TPSA) is 69.4 Å². The number of hydrogen-bond acceptors (Lipinski definition) is 6. The summed E-state index contributed by atoms with van der Waals surface area (Å²) in [4.78, 5) is 4.42. The molecule has 2 rings (SSSR count). The summed E-state index contributed by atoms with van der Waals surface area (Å²) in [5.41, 5.74) is 0.809. The van der Waals surface area contributed by atoms with Gasteiger partial charge < -0.3 is 19.3 Å². The molecule has 0 fully saturated rings. The van der Waals surface area contributed by atoms with Gasteiger partial charge in [-0.15, -0.1) is 0 Å². The van der Waals surface area contributed by atoms with E-state index in [9.17, 15) is 0 Å². The van der Waals surface area contributed by atoms with E-state index in [2.05, 4.69) is 22.4 Å². The maximum Gasteiger partial charge on any atom is 0.258 e. The van der Waals surface area contributed by atoms with Crippen molar-refractivity contribution in [2.45, 2.75) is 39.3 Å². The Morgan fingerprint density at radius 3 is 2.64 bits per heavy atom. The van der Waals surface area contributed by atoms with Crippen molar-refractivity contribution in [2.24, 2.45) is 0 Å². The van der Waals surface area contributed by atoms with E-state index in [-0.39, 0.29) is 6.10 Å². The molecule has 1 aromatic carbocycles. The average molecular weight is 305 g/mol.